The standard InChI is InChI=1S/C24H28N2O7/c1-3-30-23(28)21-20(14-7-6-8-16(29-2)22(14)27)15-11-18-19(32-13-31-18)12-17(15)33-24(21,25)26-9-4-5-10-26/h6-8,11-12,20-21,27H,3-5,9-10,13,25H2,1-2H3. The number of carbonyl (C=O) groups is 1. The third-order valence-corrected chi connectivity index (χ3v) is 6.62. The van der Waals surface area contributed by atoms with Crippen LogP contribution in [0.3, 0.4) is 0 Å². The van der Waals surface area contributed by atoms with Crippen molar-refractivity contribution in [1.29, 1.82) is 0 Å². The molecule has 0 aliphatic carbocycles. The molecule has 176 valence electrons. The quantitative estimate of drug-likeness (QED) is 0.656. The molecule has 33 heavy (non-hydrogen) atoms. The molecule has 0 radical (unpaired) electrons. The molecule has 0 spiro atoms. The van der Waals surface area contributed by atoms with Gasteiger partial charge < -0.3 is 28.8 Å². The lowest BCUT2D eigenvalue weighted by molar-refractivity contribution is -0.177. The summed E-state index contributed by atoms with van der Waals surface area (Å²) in [6, 6.07) is 8.72. The van der Waals surface area contributed by atoms with Crippen LogP contribution >= 0.6 is 0 Å². The van der Waals surface area contributed by atoms with E-state index in [-0.39, 0.29) is 19.1 Å². The minimum Gasteiger partial charge on any atom is -0.504 e. The Kier molecular flexibility index (Phi) is 5.46. The van der Waals surface area contributed by atoms with Crippen molar-refractivity contribution in [3.05, 3.63) is 41.5 Å². The van der Waals surface area contributed by atoms with E-state index in [4.69, 9.17) is 29.4 Å². The van der Waals surface area contributed by atoms with Gasteiger partial charge in [0.1, 0.15) is 11.7 Å². The summed E-state index contributed by atoms with van der Waals surface area (Å²) in [7, 11) is 1.48. The van der Waals surface area contributed by atoms with Crippen LogP contribution in [-0.4, -0.2) is 55.4 Å². The Morgan fingerprint density at radius 3 is 2.61 bits per heavy atom. The topological polar surface area (TPSA) is 113 Å². The molecular formula is C24H28N2O7. The predicted molar refractivity (Wildman–Crippen MR) is 118 cm³/mol. The molecule has 3 unspecified atom stereocenters. The number of nitrogens with two attached hydrogens (primary N) is 1. The molecule has 3 atom stereocenters. The van der Waals surface area contributed by atoms with E-state index in [9.17, 15) is 9.90 Å². The monoisotopic (exact) mass is 456 g/mol. The minimum absolute atomic E-state index is 0.0615. The van der Waals surface area contributed by atoms with Gasteiger partial charge in [-0.3, -0.25) is 15.4 Å². The maximum Gasteiger partial charge on any atom is 0.317 e. The van der Waals surface area contributed by atoms with Crippen molar-refractivity contribution in [2.45, 2.75) is 31.5 Å². The fraction of sp³-hybridized carbons (Fsp3) is 0.458. The molecule has 1 fully saturated rings. The second-order valence-corrected chi connectivity index (χ2v) is 8.40. The van der Waals surface area contributed by atoms with Gasteiger partial charge in [-0.25, -0.2) is 0 Å². The summed E-state index contributed by atoms with van der Waals surface area (Å²) in [5.41, 5.74) is 8.11. The zero-order chi connectivity index (χ0) is 23.2. The van der Waals surface area contributed by atoms with Crippen molar-refractivity contribution in [1.82, 2.24) is 4.90 Å². The predicted octanol–water partition coefficient (Wildman–Crippen LogP) is 2.54. The molecule has 0 amide bonds. The first-order chi connectivity index (χ1) is 16.0. The third-order valence-electron chi connectivity index (χ3n) is 6.62. The fourth-order valence-electron chi connectivity index (χ4n) is 5.10. The van der Waals surface area contributed by atoms with Crippen molar-refractivity contribution in [3.63, 3.8) is 0 Å². The molecule has 0 saturated carbocycles. The van der Waals surface area contributed by atoms with Crippen LogP contribution in [0.1, 0.15) is 36.8 Å². The highest BCUT2D eigenvalue weighted by atomic mass is 16.7. The van der Waals surface area contributed by atoms with Crippen LogP contribution in [-0.2, 0) is 9.53 Å². The Labute approximate surface area is 191 Å². The lowest BCUT2D eigenvalue weighted by Crippen LogP contribution is -2.68. The Morgan fingerprint density at radius 1 is 1.18 bits per heavy atom. The van der Waals surface area contributed by atoms with E-state index >= 15 is 0 Å². The van der Waals surface area contributed by atoms with E-state index in [1.807, 2.05) is 4.90 Å². The summed E-state index contributed by atoms with van der Waals surface area (Å²) in [6.07, 6.45) is 1.89. The lowest BCUT2D eigenvalue weighted by atomic mass is 9.74. The molecular weight excluding hydrogens is 428 g/mol. The van der Waals surface area contributed by atoms with Crippen LogP contribution in [0.15, 0.2) is 30.3 Å². The minimum atomic E-state index is -1.48. The second-order valence-electron chi connectivity index (χ2n) is 8.40. The number of nitrogens with zero attached hydrogens (tertiary/aromatic N) is 1. The average Bonchev–Trinajstić information content (AvgIpc) is 3.49. The Hall–Kier alpha value is -3.17. The number of phenolic OH excluding ortho intramolecular Hbond substituents is 1. The van der Waals surface area contributed by atoms with Crippen molar-refractivity contribution in [2.75, 3.05) is 33.6 Å². The van der Waals surface area contributed by atoms with Gasteiger partial charge in [0.15, 0.2) is 23.0 Å². The number of esters is 1. The maximum absolute atomic E-state index is 13.5. The van der Waals surface area contributed by atoms with Gasteiger partial charge in [-0.2, -0.15) is 0 Å². The molecule has 9 heteroatoms. The number of fused-ring (bicyclic) bond motifs is 2. The number of benzene rings is 2. The number of hydrogen-bond donors (Lipinski definition) is 2. The number of likely N-dealkylation sites (tertiary alicyclic amines) is 1. The van der Waals surface area contributed by atoms with Crippen molar-refractivity contribution in [2.24, 2.45) is 11.7 Å². The Balaban J connectivity index is 1.76. The van der Waals surface area contributed by atoms with E-state index in [2.05, 4.69) is 0 Å². The average molecular weight is 456 g/mol. The molecule has 3 aliphatic rings. The number of carbonyl (C=O) groups excluding carboxylic acids is 1. The molecule has 0 aromatic heterocycles. The number of ether oxygens (including phenoxy) is 5. The van der Waals surface area contributed by atoms with Crippen molar-refractivity contribution >= 4 is 5.97 Å². The molecule has 9 nitrogen and oxygen atoms in total. The van der Waals surface area contributed by atoms with E-state index in [1.54, 1.807) is 37.3 Å². The van der Waals surface area contributed by atoms with Gasteiger partial charge >= 0.3 is 5.97 Å². The molecule has 1 saturated heterocycles. The smallest absolute Gasteiger partial charge is 0.317 e. The van der Waals surface area contributed by atoms with Gasteiger partial charge in [0, 0.05) is 36.2 Å². The zero-order valence-corrected chi connectivity index (χ0v) is 18.7. The second kappa shape index (κ2) is 8.31. The van der Waals surface area contributed by atoms with Gasteiger partial charge in [-0.05, 0) is 31.9 Å². The SMILES string of the molecule is CCOC(=O)C1C(c2cccc(OC)c2O)c2cc3c(cc2OC1(N)N1CCCC1)OCO3. The normalized spacial score (nSPS) is 25.9. The van der Waals surface area contributed by atoms with Crippen LogP contribution in [0.25, 0.3) is 0 Å². The zero-order valence-electron chi connectivity index (χ0n) is 18.7. The summed E-state index contributed by atoms with van der Waals surface area (Å²) >= 11 is 0. The van der Waals surface area contributed by atoms with Gasteiger partial charge in [0.2, 0.25) is 12.6 Å². The highest BCUT2D eigenvalue weighted by Gasteiger charge is 2.57. The number of para-hydroxylation sites is 1. The first kappa shape index (κ1) is 21.7. The number of phenols is 1. The number of rotatable bonds is 5. The molecule has 0 bridgehead atoms. The van der Waals surface area contributed by atoms with Crippen LogP contribution in [0.5, 0.6) is 28.7 Å². The number of hydrogen-bond acceptors (Lipinski definition) is 9. The highest BCUT2D eigenvalue weighted by molar-refractivity contribution is 5.78. The molecule has 3 aliphatic heterocycles. The molecule has 3 N–H and O–H groups in total. The molecule has 5 rings (SSSR count). The fourth-order valence-corrected chi connectivity index (χ4v) is 5.10. The van der Waals surface area contributed by atoms with E-state index in [0.717, 1.165) is 12.8 Å². The largest absolute Gasteiger partial charge is 0.504 e. The summed E-state index contributed by atoms with van der Waals surface area (Å²) in [5, 5.41) is 11.1. The lowest BCUT2D eigenvalue weighted by Gasteiger charge is -2.49. The summed E-state index contributed by atoms with van der Waals surface area (Å²) in [5.74, 6) is -1.82. The summed E-state index contributed by atoms with van der Waals surface area (Å²) < 4.78 is 28.4. The Bertz CT molecular complexity index is 1070. The number of aromatic hydroxyl groups is 1. The molecule has 3 heterocycles. The number of methoxy groups -OCH3 is 1. The van der Waals surface area contributed by atoms with Crippen LogP contribution < -0.4 is 24.7 Å². The maximum atomic E-state index is 13.5. The summed E-state index contributed by atoms with van der Waals surface area (Å²) in [6.45, 7) is 3.40. The van der Waals surface area contributed by atoms with Gasteiger partial charge in [0.05, 0.1) is 13.7 Å². The molecule has 2 aromatic carbocycles. The first-order valence-corrected chi connectivity index (χ1v) is 11.2. The van der Waals surface area contributed by atoms with Crippen molar-refractivity contribution < 1.29 is 33.6 Å². The summed E-state index contributed by atoms with van der Waals surface area (Å²) in [4.78, 5) is 15.5. The third kappa shape index (κ3) is 3.43. The highest BCUT2D eigenvalue weighted by Crippen LogP contribution is 2.54. The van der Waals surface area contributed by atoms with Crippen molar-refractivity contribution in [3.8, 4) is 28.7 Å². The van der Waals surface area contributed by atoms with Crippen LogP contribution in [0.2, 0.25) is 0 Å². The van der Waals surface area contributed by atoms with Gasteiger partial charge in [-0.1, -0.05) is 12.1 Å². The van der Waals surface area contributed by atoms with E-state index < -0.39 is 23.7 Å². The first-order valence-electron chi connectivity index (χ1n) is 11.2. The van der Waals surface area contributed by atoms with Gasteiger partial charge in [-0.15, -0.1) is 0 Å². The van der Waals surface area contributed by atoms with Crippen LogP contribution in [0, 0.1) is 5.92 Å². The van der Waals surface area contributed by atoms with E-state index in [1.165, 1.54) is 7.11 Å². The Morgan fingerprint density at radius 2 is 1.91 bits per heavy atom. The molecule has 2 aromatic rings. The van der Waals surface area contributed by atoms with Crippen LogP contribution in [0.4, 0.5) is 0 Å². The van der Waals surface area contributed by atoms with Gasteiger partial charge in [0.25, 0.3) is 0 Å². The van der Waals surface area contributed by atoms with E-state index in [0.29, 0.717) is 47.2 Å².